The monoisotopic (exact) mass is 563 g/mol. The van der Waals surface area contributed by atoms with Crippen molar-refractivity contribution in [2.45, 2.75) is 0 Å². The fourth-order valence-electron chi connectivity index (χ4n) is 6.78. The Hall–Kier alpha value is -5.31. The molecule has 0 N–H and O–H groups in total. The molecule has 0 saturated carbocycles. The van der Waals surface area contributed by atoms with E-state index in [4.69, 9.17) is 4.98 Å². The molecule has 0 aliphatic rings. The molecule has 0 aliphatic carbocycles. The van der Waals surface area contributed by atoms with Crippen molar-refractivity contribution in [1.82, 2.24) is 4.98 Å². The Morgan fingerprint density at radius 2 is 1.02 bits per heavy atom. The molecule has 200 valence electrons. The highest BCUT2D eigenvalue weighted by molar-refractivity contribution is 7.26. The average molecular weight is 564 g/mol. The first kappa shape index (κ1) is 24.3. The number of rotatable bonds is 3. The predicted octanol–water partition coefficient (Wildman–Crippen LogP) is 11.9. The first-order valence-corrected chi connectivity index (χ1v) is 15.4. The standard InChI is InChI=1S/C41H25NS/c1-2-11-26(12-3-1)39-30-15-6-8-17-32(30)40(33-18-9-7-16-31(33)39)29-21-22-36(42-25-29)34-19-10-20-37-41(34)35-23-27-13-4-5-14-28(27)24-38(35)43-37/h1-25H. The Labute approximate surface area is 253 Å². The minimum Gasteiger partial charge on any atom is -0.256 e. The maximum Gasteiger partial charge on any atom is 0.0709 e. The van der Waals surface area contributed by atoms with Gasteiger partial charge in [0.2, 0.25) is 0 Å². The summed E-state index contributed by atoms with van der Waals surface area (Å²) >= 11 is 1.86. The van der Waals surface area contributed by atoms with Gasteiger partial charge < -0.3 is 0 Å². The quantitative estimate of drug-likeness (QED) is 0.195. The van der Waals surface area contributed by atoms with E-state index in [0.29, 0.717) is 0 Å². The number of benzene rings is 7. The minimum absolute atomic E-state index is 0.997. The number of pyridine rings is 1. The summed E-state index contributed by atoms with van der Waals surface area (Å²) in [6.07, 6.45) is 2.06. The molecule has 2 heteroatoms. The maximum absolute atomic E-state index is 5.12. The van der Waals surface area contributed by atoms with Crippen molar-refractivity contribution in [2.75, 3.05) is 0 Å². The molecule has 7 aromatic carbocycles. The van der Waals surface area contributed by atoms with E-state index in [1.54, 1.807) is 0 Å². The van der Waals surface area contributed by atoms with E-state index in [0.717, 1.165) is 11.3 Å². The van der Waals surface area contributed by atoms with Crippen molar-refractivity contribution in [3.05, 3.63) is 152 Å². The zero-order chi connectivity index (χ0) is 28.3. The highest BCUT2D eigenvalue weighted by Gasteiger charge is 2.17. The number of fused-ring (bicyclic) bond motifs is 6. The SMILES string of the molecule is c1ccc(-c2c3ccccc3c(-c3ccc(-c4cccc5sc6cc7ccccc7cc6c45)nc3)c3ccccc23)cc1. The van der Waals surface area contributed by atoms with Gasteiger partial charge in [0.05, 0.1) is 5.69 Å². The summed E-state index contributed by atoms with van der Waals surface area (Å²) < 4.78 is 2.61. The van der Waals surface area contributed by atoms with Gasteiger partial charge in [-0.2, -0.15) is 0 Å². The summed E-state index contributed by atoms with van der Waals surface area (Å²) in [5.74, 6) is 0. The molecular formula is C41H25NS. The Bertz CT molecular complexity index is 2430. The molecule has 0 aliphatic heterocycles. The largest absolute Gasteiger partial charge is 0.256 e. The third-order valence-electron chi connectivity index (χ3n) is 8.69. The van der Waals surface area contributed by atoms with Crippen LogP contribution in [-0.2, 0) is 0 Å². The molecule has 2 heterocycles. The second kappa shape index (κ2) is 9.62. The molecule has 0 atom stereocenters. The van der Waals surface area contributed by atoms with Gasteiger partial charge in [0.1, 0.15) is 0 Å². The van der Waals surface area contributed by atoms with Crippen LogP contribution < -0.4 is 0 Å². The van der Waals surface area contributed by atoms with Gasteiger partial charge in [-0.25, -0.2) is 0 Å². The topological polar surface area (TPSA) is 12.9 Å². The summed E-state index contributed by atoms with van der Waals surface area (Å²) in [5, 5.41) is 10.1. The average Bonchev–Trinajstić information content (AvgIpc) is 3.44. The van der Waals surface area contributed by atoms with Gasteiger partial charge in [-0.1, -0.05) is 121 Å². The first-order valence-electron chi connectivity index (χ1n) is 14.6. The Morgan fingerprint density at radius 1 is 0.419 bits per heavy atom. The Morgan fingerprint density at radius 3 is 1.67 bits per heavy atom. The lowest BCUT2D eigenvalue weighted by Crippen LogP contribution is -1.92. The molecule has 0 saturated heterocycles. The molecule has 0 radical (unpaired) electrons. The fourth-order valence-corrected chi connectivity index (χ4v) is 7.94. The second-order valence-electron chi connectivity index (χ2n) is 11.1. The predicted molar refractivity (Wildman–Crippen MR) is 186 cm³/mol. The summed E-state index contributed by atoms with van der Waals surface area (Å²) in [7, 11) is 0. The van der Waals surface area contributed by atoms with Gasteiger partial charge in [-0.3, -0.25) is 4.98 Å². The lowest BCUT2D eigenvalue weighted by molar-refractivity contribution is 1.34. The van der Waals surface area contributed by atoms with Crippen molar-refractivity contribution in [1.29, 1.82) is 0 Å². The number of nitrogens with zero attached hydrogens (tertiary/aromatic N) is 1. The van der Waals surface area contributed by atoms with Crippen LogP contribution in [0.25, 0.3) is 86.0 Å². The minimum atomic E-state index is 0.997. The molecule has 0 bridgehead atoms. The van der Waals surface area contributed by atoms with Crippen molar-refractivity contribution in [3.63, 3.8) is 0 Å². The summed E-state index contributed by atoms with van der Waals surface area (Å²) in [6.45, 7) is 0. The number of thiophene rings is 1. The smallest absolute Gasteiger partial charge is 0.0709 e. The second-order valence-corrected chi connectivity index (χ2v) is 12.2. The summed E-state index contributed by atoms with van der Waals surface area (Å²) in [6, 6.07) is 52.7. The van der Waals surface area contributed by atoms with Crippen LogP contribution in [0.1, 0.15) is 0 Å². The maximum atomic E-state index is 5.12. The van der Waals surface area contributed by atoms with Crippen LogP contribution >= 0.6 is 11.3 Å². The molecule has 9 rings (SSSR count). The van der Waals surface area contributed by atoms with Gasteiger partial charge in [-0.15, -0.1) is 11.3 Å². The van der Waals surface area contributed by atoms with Crippen LogP contribution in [0.5, 0.6) is 0 Å². The summed E-state index contributed by atoms with van der Waals surface area (Å²) in [5.41, 5.74) is 7.05. The van der Waals surface area contributed by atoms with Gasteiger partial charge >= 0.3 is 0 Å². The molecule has 1 nitrogen and oxygen atoms in total. The highest BCUT2D eigenvalue weighted by atomic mass is 32.1. The van der Waals surface area contributed by atoms with Crippen LogP contribution in [-0.4, -0.2) is 4.98 Å². The van der Waals surface area contributed by atoms with E-state index in [-0.39, 0.29) is 0 Å². The number of hydrogen-bond donors (Lipinski definition) is 0. The molecule has 0 fully saturated rings. The van der Waals surface area contributed by atoms with E-state index in [9.17, 15) is 0 Å². The highest BCUT2D eigenvalue weighted by Crippen LogP contribution is 2.45. The number of hydrogen-bond acceptors (Lipinski definition) is 2. The Kier molecular flexibility index (Phi) is 5.44. The Balaban J connectivity index is 1.25. The van der Waals surface area contributed by atoms with Gasteiger partial charge in [-0.05, 0) is 73.3 Å². The van der Waals surface area contributed by atoms with Crippen molar-refractivity contribution in [3.8, 4) is 33.5 Å². The fraction of sp³-hybridized carbons (Fsp3) is 0. The molecule has 0 spiro atoms. The number of aromatic nitrogens is 1. The van der Waals surface area contributed by atoms with Crippen molar-refractivity contribution < 1.29 is 0 Å². The van der Waals surface area contributed by atoms with E-state index < -0.39 is 0 Å². The van der Waals surface area contributed by atoms with E-state index in [2.05, 4.69) is 152 Å². The normalized spacial score (nSPS) is 11.7. The lowest BCUT2D eigenvalue weighted by Gasteiger charge is -2.17. The molecule has 43 heavy (non-hydrogen) atoms. The van der Waals surface area contributed by atoms with Crippen molar-refractivity contribution in [2.24, 2.45) is 0 Å². The van der Waals surface area contributed by atoms with E-state index >= 15 is 0 Å². The molecule has 2 aromatic heterocycles. The lowest BCUT2D eigenvalue weighted by atomic mass is 9.86. The summed E-state index contributed by atoms with van der Waals surface area (Å²) in [4.78, 5) is 5.12. The molecule has 0 unspecified atom stereocenters. The van der Waals surface area contributed by atoms with E-state index in [1.165, 1.54) is 74.7 Å². The zero-order valence-corrected chi connectivity index (χ0v) is 24.1. The van der Waals surface area contributed by atoms with Crippen LogP contribution in [0.15, 0.2) is 152 Å². The van der Waals surface area contributed by atoms with Gasteiger partial charge in [0.15, 0.2) is 0 Å². The third-order valence-corrected chi connectivity index (χ3v) is 9.80. The van der Waals surface area contributed by atoms with E-state index in [1.807, 2.05) is 11.3 Å². The molecular weight excluding hydrogens is 539 g/mol. The molecule has 0 amide bonds. The van der Waals surface area contributed by atoms with Crippen LogP contribution in [0.3, 0.4) is 0 Å². The van der Waals surface area contributed by atoms with Crippen LogP contribution in [0.2, 0.25) is 0 Å². The first-order chi connectivity index (χ1) is 21.3. The van der Waals surface area contributed by atoms with Gasteiger partial charge in [0, 0.05) is 37.5 Å². The van der Waals surface area contributed by atoms with Crippen LogP contribution in [0, 0.1) is 0 Å². The zero-order valence-electron chi connectivity index (χ0n) is 23.3. The van der Waals surface area contributed by atoms with Gasteiger partial charge in [0.25, 0.3) is 0 Å². The molecule has 9 aromatic rings. The van der Waals surface area contributed by atoms with Crippen LogP contribution in [0.4, 0.5) is 0 Å². The third kappa shape index (κ3) is 3.81. The van der Waals surface area contributed by atoms with Crippen molar-refractivity contribution >= 4 is 63.8 Å².